The lowest BCUT2D eigenvalue weighted by atomic mass is 10.2. The van der Waals surface area contributed by atoms with Gasteiger partial charge in [0.1, 0.15) is 5.75 Å². The quantitative estimate of drug-likeness (QED) is 0.596. The molecule has 1 fully saturated rings. The van der Waals surface area contributed by atoms with E-state index in [4.69, 9.17) is 9.47 Å². The van der Waals surface area contributed by atoms with Gasteiger partial charge in [-0.15, -0.1) is 0 Å². The minimum Gasteiger partial charge on any atom is -0.471 e. The van der Waals surface area contributed by atoms with Crippen LogP contribution in [0, 0.1) is 0 Å². The Labute approximate surface area is 119 Å². The van der Waals surface area contributed by atoms with Crippen LogP contribution >= 0.6 is 0 Å². The molecule has 0 bridgehead atoms. The van der Waals surface area contributed by atoms with Crippen LogP contribution in [0.3, 0.4) is 0 Å². The molecule has 0 aromatic heterocycles. The number of benzene rings is 1. The molecule has 1 heterocycles. The summed E-state index contributed by atoms with van der Waals surface area (Å²) in [5.74, 6) is -2.16. The molecular formula is C13H12N2O6. The predicted octanol–water partition coefficient (Wildman–Crippen LogP) is -0.0233. The fourth-order valence-electron chi connectivity index (χ4n) is 1.66. The Bertz CT molecular complexity index is 592. The lowest BCUT2D eigenvalue weighted by Crippen LogP contribution is -2.60. The van der Waals surface area contributed by atoms with Gasteiger partial charge >= 0.3 is 12.0 Å². The minimum absolute atomic E-state index is 0.130. The van der Waals surface area contributed by atoms with Gasteiger partial charge < -0.3 is 9.47 Å². The Balaban J connectivity index is 2.14. The summed E-state index contributed by atoms with van der Waals surface area (Å²) in [6.07, 6.45) is -1.50. The zero-order valence-electron chi connectivity index (χ0n) is 11.0. The van der Waals surface area contributed by atoms with Gasteiger partial charge in [-0.3, -0.25) is 20.2 Å². The average molecular weight is 292 g/mol. The van der Waals surface area contributed by atoms with Crippen molar-refractivity contribution in [2.75, 3.05) is 6.61 Å². The molecule has 1 aliphatic heterocycles. The molecule has 8 nitrogen and oxygen atoms in total. The van der Waals surface area contributed by atoms with Gasteiger partial charge in [-0.25, -0.2) is 9.59 Å². The van der Waals surface area contributed by atoms with Gasteiger partial charge in [0, 0.05) is 0 Å². The molecule has 1 aromatic carbocycles. The Morgan fingerprint density at radius 1 is 1.19 bits per heavy atom. The molecule has 21 heavy (non-hydrogen) atoms. The van der Waals surface area contributed by atoms with Crippen LogP contribution in [-0.4, -0.2) is 36.5 Å². The van der Waals surface area contributed by atoms with Crippen LogP contribution in [0.2, 0.25) is 0 Å². The van der Waals surface area contributed by atoms with Gasteiger partial charge in [-0.1, -0.05) is 6.07 Å². The van der Waals surface area contributed by atoms with Gasteiger partial charge in [0.15, 0.2) is 0 Å². The third-order valence-corrected chi connectivity index (χ3v) is 2.55. The standard InChI is InChI=1S/C13H12N2O6/c1-2-20-12(18)7-4-3-5-8(6-7)21-9-10(16)14-13(19)15-11(9)17/h3-6,9H,2H2,1H3,(H2,14,15,16,17,19). The first-order valence-electron chi connectivity index (χ1n) is 6.10. The number of hydrogen-bond acceptors (Lipinski definition) is 6. The fourth-order valence-corrected chi connectivity index (χ4v) is 1.66. The molecule has 1 aliphatic rings. The smallest absolute Gasteiger partial charge is 0.338 e. The maximum absolute atomic E-state index is 11.6. The van der Waals surface area contributed by atoms with E-state index < -0.39 is 29.9 Å². The van der Waals surface area contributed by atoms with Crippen molar-refractivity contribution < 1.29 is 28.7 Å². The normalized spacial score (nSPS) is 15.2. The molecular weight excluding hydrogens is 280 g/mol. The number of hydrogen-bond donors (Lipinski definition) is 2. The highest BCUT2D eigenvalue weighted by atomic mass is 16.5. The highest BCUT2D eigenvalue weighted by Gasteiger charge is 2.36. The third-order valence-electron chi connectivity index (χ3n) is 2.55. The predicted molar refractivity (Wildman–Crippen MR) is 68.5 cm³/mol. The van der Waals surface area contributed by atoms with Crippen LogP contribution in [0.5, 0.6) is 5.75 Å². The van der Waals surface area contributed by atoms with Crippen LogP contribution < -0.4 is 15.4 Å². The number of barbiturate groups is 1. The fraction of sp³-hybridized carbons (Fsp3) is 0.231. The van der Waals surface area contributed by atoms with Crippen molar-refractivity contribution in [3.63, 3.8) is 0 Å². The summed E-state index contributed by atoms with van der Waals surface area (Å²) in [6, 6.07) is 4.94. The monoisotopic (exact) mass is 292 g/mol. The molecule has 0 unspecified atom stereocenters. The second-order valence-electron chi connectivity index (χ2n) is 4.05. The number of nitrogens with one attached hydrogen (secondary N) is 2. The Kier molecular flexibility index (Phi) is 4.17. The van der Waals surface area contributed by atoms with E-state index in [0.717, 1.165) is 0 Å². The summed E-state index contributed by atoms with van der Waals surface area (Å²) < 4.78 is 10.0. The van der Waals surface area contributed by atoms with Crippen LogP contribution in [0.25, 0.3) is 0 Å². The zero-order valence-corrected chi connectivity index (χ0v) is 11.0. The molecule has 110 valence electrons. The third kappa shape index (κ3) is 3.35. The highest BCUT2D eigenvalue weighted by Crippen LogP contribution is 2.16. The van der Waals surface area contributed by atoms with Crippen LogP contribution in [0.1, 0.15) is 17.3 Å². The molecule has 1 saturated heterocycles. The van der Waals surface area contributed by atoms with Crippen molar-refractivity contribution in [1.29, 1.82) is 0 Å². The summed E-state index contributed by atoms with van der Waals surface area (Å²) in [6.45, 7) is 1.89. The molecule has 0 aliphatic carbocycles. The van der Waals surface area contributed by atoms with E-state index in [1.807, 2.05) is 10.6 Å². The van der Waals surface area contributed by atoms with Crippen LogP contribution in [-0.2, 0) is 14.3 Å². The first-order valence-corrected chi connectivity index (χ1v) is 6.10. The second kappa shape index (κ2) is 6.04. The van der Waals surface area contributed by atoms with Gasteiger partial charge in [0.25, 0.3) is 17.9 Å². The first kappa shape index (κ1) is 14.5. The Hall–Kier alpha value is -2.90. The second-order valence-corrected chi connectivity index (χ2v) is 4.05. The molecule has 0 atom stereocenters. The van der Waals surface area contributed by atoms with Crippen molar-refractivity contribution in [2.45, 2.75) is 13.0 Å². The highest BCUT2D eigenvalue weighted by molar-refractivity contribution is 6.18. The Morgan fingerprint density at radius 3 is 2.48 bits per heavy atom. The number of ether oxygens (including phenoxy) is 2. The number of imide groups is 2. The largest absolute Gasteiger partial charge is 0.471 e. The molecule has 8 heteroatoms. The number of esters is 1. The van der Waals surface area contributed by atoms with Gasteiger partial charge in [-0.2, -0.15) is 0 Å². The maximum Gasteiger partial charge on any atom is 0.338 e. The van der Waals surface area contributed by atoms with E-state index in [2.05, 4.69) is 0 Å². The van der Waals surface area contributed by atoms with E-state index in [1.165, 1.54) is 24.3 Å². The number of rotatable bonds is 4. The topological polar surface area (TPSA) is 111 Å². The zero-order chi connectivity index (χ0) is 15.4. The minimum atomic E-state index is -1.50. The summed E-state index contributed by atoms with van der Waals surface area (Å²) in [7, 11) is 0. The molecule has 0 radical (unpaired) electrons. The van der Waals surface area contributed by atoms with E-state index in [-0.39, 0.29) is 17.9 Å². The molecule has 4 amide bonds. The van der Waals surface area contributed by atoms with Crippen molar-refractivity contribution >= 4 is 23.8 Å². The van der Waals surface area contributed by atoms with Gasteiger partial charge in [-0.05, 0) is 25.1 Å². The number of amides is 4. The maximum atomic E-state index is 11.6. The van der Waals surface area contributed by atoms with Crippen molar-refractivity contribution in [3.05, 3.63) is 29.8 Å². The van der Waals surface area contributed by atoms with E-state index in [1.54, 1.807) is 6.92 Å². The molecule has 2 rings (SSSR count). The van der Waals surface area contributed by atoms with E-state index >= 15 is 0 Å². The number of urea groups is 1. The number of carbonyl (C=O) groups excluding carboxylic acids is 4. The lowest BCUT2D eigenvalue weighted by Gasteiger charge is -2.21. The number of carbonyl (C=O) groups is 4. The summed E-state index contributed by atoms with van der Waals surface area (Å²) in [5, 5.41) is 3.82. The van der Waals surface area contributed by atoms with E-state index in [9.17, 15) is 19.2 Å². The lowest BCUT2D eigenvalue weighted by molar-refractivity contribution is -0.139. The molecule has 0 spiro atoms. The van der Waals surface area contributed by atoms with Gasteiger partial charge in [0.2, 0.25) is 0 Å². The van der Waals surface area contributed by atoms with E-state index in [0.29, 0.717) is 0 Å². The SMILES string of the molecule is CCOC(=O)c1cccc(OC2C(=O)NC(=O)NC2=O)c1. The first-order chi connectivity index (χ1) is 10.0. The average Bonchev–Trinajstić information content (AvgIpc) is 2.43. The summed E-state index contributed by atoms with van der Waals surface area (Å²) >= 11 is 0. The van der Waals surface area contributed by atoms with Crippen LogP contribution in [0.15, 0.2) is 24.3 Å². The van der Waals surface area contributed by atoms with Crippen molar-refractivity contribution in [2.24, 2.45) is 0 Å². The summed E-state index contributed by atoms with van der Waals surface area (Å²) in [4.78, 5) is 45.6. The molecule has 2 N–H and O–H groups in total. The van der Waals surface area contributed by atoms with Crippen molar-refractivity contribution in [1.82, 2.24) is 10.6 Å². The molecule has 1 aromatic rings. The Morgan fingerprint density at radius 2 is 1.86 bits per heavy atom. The summed E-state index contributed by atoms with van der Waals surface area (Å²) in [5.41, 5.74) is 0.224. The molecule has 0 saturated carbocycles. The van der Waals surface area contributed by atoms with Gasteiger partial charge in [0.05, 0.1) is 12.2 Å². The van der Waals surface area contributed by atoms with Crippen LogP contribution in [0.4, 0.5) is 4.79 Å². The van der Waals surface area contributed by atoms with Crippen molar-refractivity contribution in [3.8, 4) is 5.75 Å².